The molecule has 0 spiro atoms. The second-order valence-corrected chi connectivity index (χ2v) is 6.89. The molecule has 3 rings (SSSR count). The summed E-state index contributed by atoms with van der Waals surface area (Å²) >= 11 is 1.62. The van der Waals surface area contributed by atoms with Gasteiger partial charge in [-0.25, -0.2) is 0 Å². The van der Waals surface area contributed by atoms with Crippen LogP contribution in [-0.4, -0.2) is 41.3 Å². The molecular formula is C20H23N3O3S. The van der Waals surface area contributed by atoms with Crippen molar-refractivity contribution in [2.75, 3.05) is 26.6 Å². The molecular weight excluding hydrogens is 362 g/mol. The van der Waals surface area contributed by atoms with Crippen LogP contribution in [0.4, 0.5) is 0 Å². The van der Waals surface area contributed by atoms with Gasteiger partial charge in [0.25, 0.3) is 0 Å². The standard InChI is InChI=1S/C20H23N3O3S/c1-23-19(14-15-8-10-16(24-2)11-9-15)21-22-20(23)27-13-12-26-18-7-5-4-6-17(18)25-3/h4-11H,12-14H2,1-3H3. The van der Waals surface area contributed by atoms with Crippen LogP contribution in [0.5, 0.6) is 17.2 Å². The predicted octanol–water partition coefficient (Wildman–Crippen LogP) is 3.59. The Balaban J connectivity index is 1.52. The van der Waals surface area contributed by atoms with Gasteiger partial charge in [0.1, 0.15) is 11.6 Å². The maximum absolute atomic E-state index is 5.80. The van der Waals surface area contributed by atoms with Crippen molar-refractivity contribution in [3.8, 4) is 17.2 Å². The molecule has 1 heterocycles. The fourth-order valence-electron chi connectivity index (χ4n) is 2.57. The maximum Gasteiger partial charge on any atom is 0.191 e. The van der Waals surface area contributed by atoms with Gasteiger partial charge in [0.15, 0.2) is 16.7 Å². The first-order chi connectivity index (χ1) is 13.2. The Morgan fingerprint density at radius 3 is 2.37 bits per heavy atom. The molecule has 0 N–H and O–H groups in total. The Morgan fingerprint density at radius 1 is 0.926 bits per heavy atom. The summed E-state index contributed by atoms with van der Waals surface area (Å²) in [6.07, 6.45) is 0.728. The molecule has 0 aliphatic heterocycles. The summed E-state index contributed by atoms with van der Waals surface area (Å²) in [7, 11) is 5.29. The number of nitrogens with zero attached hydrogens (tertiary/aromatic N) is 3. The van der Waals surface area contributed by atoms with Gasteiger partial charge in [-0.2, -0.15) is 0 Å². The Labute approximate surface area is 163 Å². The van der Waals surface area contributed by atoms with Gasteiger partial charge >= 0.3 is 0 Å². The molecule has 2 aromatic carbocycles. The van der Waals surface area contributed by atoms with E-state index in [1.54, 1.807) is 26.0 Å². The fraction of sp³-hybridized carbons (Fsp3) is 0.300. The van der Waals surface area contributed by atoms with Crippen LogP contribution in [0.3, 0.4) is 0 Å². The maximum atomic E-state index is 5.80. The molecule has 0 saturated carbocycles. The molecule has 142 valence electrons. The van der Waals surface area contributed by atoms with Gasteiger partial charge < -0.3 is 18.8 Å². The summed E-state index contributed by atoms with van der Waals surface area (Å²) < 4.78 is 18.3. The third kappa shape index (κ3) is 4.95. The van der Waals surface area contributed by atoms with E-state index in [1.165, 1.54) is 5.56 Å². The lowest BCUT2D eigenvalue weighted by molar-refractivity contribution is 0.313. The van der Waals surface area contributed by atoms with Gasteiger partial charge in [-0.1, -0.05) is 36.0 Å². The first-order valence-corrected chi connectivity index (χ1v) is 9.59. The van der Waals surface area contributed by atoms with Crippen LogP contribution in [0.25, 0.3) is 0 Å². The molecule has 1 aromatic heterocycles. The molecule has 3 aromatic rings. The Hall–Kier alpha value is -2.67. The Bertz CT molecular complexity index is 865. The molecule has 6 nitrogen and oxygen atoms in total. The molecule has 0 aliphatic rings. The Kier molecular flexibility index (Phi) is 6.59. The van der Waals surface area contributed by atoms with E-state index < -0.39 is 0 Å². The molecule has 0 fully saturated rings. The van der Waals surface area contributed by atoms with E-state index in [2.05, 4.69) is 10.2 Å². The van der Waals surface area contributed by atoms with Crippen molar-refractivity contribution in [3.63, 3.8) is 0 Å². The zero-order chi connectivity index (χ0) is 19.1. The van der Waals surface area contributed by atoms with Crippen LogP contribution in [0, 0.1) is 0 Å². The van der Waals surface area contributed by atoms with E-state index in [0.717, 1.165) is 40.4 Å². The highest BCUT2D eigenvalue weighted by Gasteiger charge is 2.10. The summed E-state index contributed by atoms with van der Waals surface area (Å²) in [6.45, 7) is 0.561. The fourth-order valence-corrected chi connectivity index (χ4v) is 3.32. The lowest BCUT2D eigenvalue weighted by atomic mass is 10.1. The van der Waals surface area contributed by atoms with E-state index in [9.17, 15) is 0 Å². The average Bonchev–Trinajstić information content (AvgIpc) is 3.05. The molecule has 0 atom stereocenters. The van der Waals surface area contributed by atoms with E-state index in [4.69, 9.17) is 14.2 Å². The molecule has 0 bridgehead atoms. The zero-order valence-corrected chi connectivity index (χ0v) is 16.5. The number of ether oxygens (including phenoxy) is 3. The number of rotatable bonds is 9. The van der Waals surface area contributed by atoms with Crippen LogP contribution in [-0.2, 0) is 13.5 Å². The van der Waals surface area contributed by atoms with Gasteiger partial charge in [-0.05, 0) is 29.8 Å². The highest BCUT2D eigenvalue weighted by Crippen LogP contribution is 2.26. The molecule has 7 heteroatoms. The Morgan fingerprint density at radius 2 is 1.67 bits per heavy atom. The number of aromatic nitrogens is 3. The number of para-hydroxylation sites is 2. The highest BCUT2D eigenvalue weighted by molar-refractivity contribution is 7.99. The largest absolute Gasteiger partial charge is 0.497 e. The zero-order valence-electron chi connectivity index (χ0n) is 15.7. The minimum absolute atomic E-state index is 0.561. The van der Waals surface area contributed by atoms with E-state index in [-0.39, 0.29) is 0 Å². The summed E-state index contributed by atoms with van der Waals surface area (Å²) in [4.78, 5) is 0. The number of hydrogen-bond acceptors (Lipinski definition) is 6. The lowest BCUT2D eigenvalue weighted by Crippen LogP contribution is -2.04. The second kappa shape index (κ2) is 9.32. The summed E-state index contributed by atoms with van der Waals surface area (Å²) in [5, 5.41) is 9.49. The SMILES string of the molecule is COc1ccc(Cc2nnc(SCCOc3ccccc3OC)n2C)cc1. The van der Waals surface area contributed by atoms with E-state index in [0.29, 0.717) is 6.61 Å². The van der Waals surface area contributed by atoms with Crippen molar-refractivity contribution in [2.24, 2.45) is 7.05 Å². The van der Waals surface area contributed by atoms with Gasteiger partial charge in [-0.3, -0.25) is 0 Å². The number of methoxy groups -OCH3 is 2. The second-order valence-electron chi connectivity index (χ2n) is 5.83. The van der Waals surface area contributed by atoms with Crippen molar-refractivity contribution in [1.82, 2.24) is 14.8 Å². The van der Waals surface area contributed by atoms with Gasteiger partial charge in [-0.15, -0.1) is 10.2 Å². The monoisotopic (exact) mass is 385 g/mol. The molecule has 27 heavy (non-hydrogen) atoms. The molecule has 0 amide bonds. The van der Waals surface area contributed by atoms with Crippen molar-refractivity contribution in [3.05, 3.63) is 59.9 Å². The van der Waals surface area contributed by atoms with Crippen LogP contribution in [0.2, 0.25) is 0 Å². The summed E-state index contributed by atoms with van der Waals surface area (Å²) in [5.74, 6) is 4.03. The third-order valence-corrected chi connectivity index (χ3v) is 5.07. The van der Waals surface area contributed by atoms with Gasteiger partial charge in [0.2, 0.25) is 0 Å². The van der Waals surface area contributed by atoms with Gasteiger partial charge in [0, 0.05) is 19.2 Å². The molecule has 0 aliphatic carbocycles. The van der Waals surface area contributed by atoms with Crippen LogP contribution in [0.1, 0.15) is 11.4 Å². The first-order valence-electron chi connectivity index (χ1n) is 8.61. The van der Waals surface area contributed by atoms with Gasteiger partial charge in [0.05, 0.1) is 20.8 Å². The summed E-state index contributed by atoms with van der Waals surface area (Å²) in [6, 6.07) is 15.6. The third-order valence-electron chi connectivity index (χ3n) is 4.09. The summed E-state index contributed by atoms with van der Waals surface area (Å²) in [5.41, 5.74) is 1.17. The molecule has 0 radical (unpaired) electrons. The van der Waals surface area contributed by atoms with Crippen LogP contribution >= 0.6 is 11.8 Å². The normalized spacial score (nSPS) is 10.6. The van der Waals surface area contributed by atoms with E-state index in [1.807, 2.05) is 60.1 Å². The smallest absolute Gasteiger partial charge is 0.191 e. The van der Waals surface area contributed by atoms with Crippen molar-refractivity contribution < 1.29 is 14.2 Å². The van der Waals surface area contributed by atoms with Crippen molar-refractivity contribution >= 4 is 11.8 Å². The number of thioether (sulfide) groups is 1. The molecule has 0 saturated heterocycles. The highest BCUT2D eigenvalue weighted by atomic mass is 32.2. The first kappa shape index (κ1) is 19.1. The average molecular weight is 385 g/mol. The van der Waals surface area contributed by atoms with Crippen molar-refractivity contribution in [2.45, 2.75) is 11.6 Å². The predicted molar refractivity (Wildman–Crippen MR) is 106 cm³/mol. The number of benzene rings is 2. The molecule has 0 unspecified atom stereocenters. The van der Waals surface area contributed by atoms with Crippen LogP contribution < -0.4 is 14.2 Å². The topological polar surface area (TPSA) is 58.4 Å². The quantitative estimate of drug-likeness (QED) is 0.414. The minimum Gasteiger partial charge on any atom is -0.497 e. The van der Waals surface area contributed by atoms with Crippen molar-refractivity contribution in [1.29, 1.82) is 0 Å². The lowest BCUT2D eigenvalue weighted by Gasteiger charge is -2.10. The number of hydrogen-bond donors (Lipinski definition) is 0. The van der Waals surface area contributed by atoms with E-state index >= 15 is 0 Å². The van der Waals surface area contributed by atoms with Crippen LogP contribution in [0.15, 0.2) is 53.7 Å². The minimum atomic E-state index is 0.561.